The molecule has 0 radical (unpaired) electrons. The van der Waals surface area contributed by atoms with Crippen molar-refractivity contribution in [1.82, 2.24) is 5.43 Å². The summed E-state index contributed by atoms with van der Waals surface area (Å²) in [4.78, 5) is 12.0. The number of amides is 1. The van der Waals surface area contributed by atoms with E-state index in [9.17, 15) is 9.90 Å². The van der Waals surface area contributed by atoms with E-state index in [0.29, 0.717) is 10.6 Å². The van der Waals surface area contributed by atoms with Crippen molar-refractivity contribution in [3.63, 3.8) is 0 Å². The predicted octanol–water partition coefficient (Wildman–Crippen LogP) is 4.21. The van der Waals surface area contributed by atoms with E-state index in [0.717, 1.165) is 5.39 Å². The predicted molar refractivity (Wildman–Crippen MR) is 89.4 cm³/mol. The van der Waals surface area contributed by atoms with Gasteiger partial charge in [0.1, 0.15) is 11.3 Å². The molecule has 1 aromatic heterocycles. The van der Waals surface area contributed by atoms with Crippen LogP contribution in [0.3, 0.4) is 0 Å². The number of aromatic hydroxyl groups is 1. The number of phenolic OH excluding ortho intramolecular Hbond substituents is 1. The van der Waals surface area contributed by atoms with Crippen molar-refractivity contribution >= 4 is 46.3 Å². The Labute approximate surface area is 141 Å². The van der Waals surface area contributed by atoms with Gasteiger partial charge in [0.25, 0.3) is 0 Å². The smallest absolute Gasteiger partial charge is 0.307 e. The van der Waals surface area contributed by atoms with Gasteiger partial charge in [-0.05, 0) is 24.3 Å². The van der Waals surface area contributed by atoms with Gasteiger partial charge in [-0.15, -0.1) is 0 Å². The van der Waals surface area contributed by atoms with Crippen molar-refractivity contribution in [3.8, 4) is 5.75 Å². The average molecular weight is 349 g/mol. The number of halogens is 2. The van der Waals surface area contributed by atoms with Crippen LogP contribution in [0.4, 0.5) is 0 Å². The van der Waals surface area contributed by atoms with Crippen LogP contribution in [0, 0.1) is 0 Å². The number of hydrazone groups is 1. The SMILES string of the molecule is O=C(N/N=C/c1cc(Cl)cc(Cl)c1O)c1cc2ccccc2o1. The lowest BCUT2D eigenvalue weighted by Gasteiger charge is -2.02. The van der Waals surface area contributed by atoms with Crippen LogP contribution in [0.5, 0.6) is 5.75 Å². The lowest BCUT2D eigenvalue weighted by Crippen LogP contribution is -2.16. The second kappa shape index (κ2) is 6.32. The fourth-order valence-electron chi connectivity index (χ4n) is 1.99. The quantitative estimate of drug-likeness (QED) is 0.549. The summed E-state index contributed by atoms with van der Waals surface area (Å²) in [6.45, 7) is 0. The summed E-state index contributed by atoms with van der Waals surface area (Å²) in [6, 6.07) is 11.8. The molecule has 1 amide bonds. The van der Waals surface area contributed by atoms with Crippen LogP contribution < -0.4 is 5.43 Å². The molecule has 7 heteroatoms. The van der Waals surface area contributed by atoms with Gasteiger partial charge in [0.05, 0.1) is 11.2 Å². The molecule has 2 aromatic carbocycles. The van der Waals surface area contributed by atoms with Crippen LogP contribution in [-0.2, 0) is 0 Å². The number of nitrogens with one attached hydrogen (secondary N) is 1. The number of fused-ring (bicyclic) bond motifs is 1. The molecule has 23 heavy (non-hydrogen) atoms. The van der Waals surface area contributed by atoms with Gasteiger partial charge in [0.2, 0.25) is 0 Å². The van der Waals surface area contributed by atoms with Crippen LogP contribution >= 0.6 is 23.2 Å². The Morgan fingerprint density at radius 3 is 2.78 bits per heavy atom. The number of rotatable bonds is 3. The summed E-state index contributed by atoms with van der Waals surface area (Å²) >= 11 is 11.6. The fourth-order valence-corrected chi connectivity index (χ4v) is 2.50. The number of hydrogen-bond acceptors (Lipinski definition) is 4. The zero-order valence-electron chi connectivity index (χ0n) is 11.6. The molecular weight excluding hydrogens is 339 g/mol. The van der Waals surface area contributed by atoms with Crippen molar-refractivity contribution in [2.45, 2.75) is 0 Å². The Bertz CT molecular complexity index is 886. The third kappa shape index (κ3) is 3.31. The third-order valence-electron chi connectivity index (χ3n) is 3.08. The molecule has 5 nitrogen and oxygen atoms in total. The fraction of sp³-hybridized carbons (Fsp3) is 0. The minimum absolute atomic E-state index is 0.0996. The number of phenols is 1. The normalized spacial score (nSPS) is 11.2. The van der Waals surface area contributed by atoms with E-state index in [4.69, 9.17) is 27.6 Å². The lowest BCUT2D eigenvalue weighted by molar-refractivity contribution is 0.0929. The molecule has 0 bridgehead atoms. The second-order valence-electron chi connectivity index (χ2n) is 4.67. The van der Waals surface area contributed by atoms with Gasteiger partial charge in [0, 0.05) is 16.0 Å². The monoisotopic (exact) mass is 348 g/mol. The van der Waals surface area contributed by atoms with Gasteiger partial charge >= 0.3 is 5.91 Å². The molecule has 3 aromatic rings. The van der Waals surface area contributed by atoms with E-state index in [-0.39, 0.29) is 22.1 Å². The number of benzene rings is 2. The Hall–Kier alpha value is -2.50. The van der Waals surface area contributed by atoms with E-state index < -0.39 is 5.91 Å². The summed E-state index contributed by atoms with van der Waals surface area (Å²) in [5, 5.41) is 14.8. The molecule has 2 N–H and O–H groups in total. The molecule has 0 aliphatic heterocycles. The average Bonchev–Trinajstić information content (AvgIpc) is 2.96. The molecule has 0 atom stereocenters. The standard InChI is InChI=1S/C16H10Cl2N2O3/c17-11-5-10(15(21)12(18)7-11)8-19-20-16(22)14-6-9-3-1-2-4-13(9)23-14/h1-8,21H,(H,20,22)/b19-8+. The highest BCUT2D eigenvalue weighted by molar-refractivity contribution is 6.36. The first-order chi connectivity index (χ1) is 11.0. The van der Waals surface area contributed by atoms with Crippen molar-refractivity contribution in [2.75, 3.05) is 0 Å². The summed E-state index contributed by atoms with van der Waals surface area (Å²) in [6.07, 6.45) is 1.24. The topological polar surface area (TPSA) is 74.8 Å². The zero-order chi connectivity index (χ0) is 16.4. The van der Waals surface area contributed by atoms with Crippen LogP contribution in [-0.4, -0.2) is 17.2 Å². The van der Waals surface area contributed by atoms with Gasteiger partial charge < -0.3 is 9.52 Å². The Morgan fingerprint density at radius 2 is 2.00 bits per heavy atom. The van der Waals surface area contributed by atoms with E-state index in [1.807, 2.05) is 18.2 Å². The molecular formula is C16H10Cl2N2O3. The van der Waals surface area contributed by atoms with Crippen molar-refractivity contribution < 1.29 is 14.3 Å². The molecule has 116 valence electrons. The van der Waals surface area contributed by atoms with Crippen LogP contribution in [0.25, 0.3) is 11.0 Å². The first-order valence-electron chi connectivity index (χ1n) is 6.54. The maximum absolute atomic E-state index is 12.0. The number of furan rings is 1. The van der Waals surface area contributed by atoms with E-state index in [1.54, 1.807) is 12.1 Å². The number of hydrogen-bond donors (Lipinski definition) is 2. The Kier molecular flexibility index (Phi) is 4.23. The second-order valence-corrected chi connectivity index (χ2v) is 5.52. The minimum Gasteiger partial charge on any atom is -0.506 e. The maximum Gasteiger partial charge on any atom is 0.307 e. The molecule has 0 aliphatic rings. The summed E-state index contributed by atoms with van der Waals surface area (Å²) < 4.78 is 5.42. The van der Waals surface area contributed by atoms with Crippen LogP contribution in [0.1, 0.15) is 16.1 Å². The molecule has 0 saturated heterocycles. The highest BCUT2D eigenvalue weighted by atomic mass is 35.5. The van der Waals surface area contributed by atoms with Gasteiger partial charge in [0.15, 0.2) is 5.76 Å². The van der Waals surface area contributed by atoms with Gasteiger partial charge in [-0.3, -0.25) is 4.79 Å². The first-order valence-corrected chi connectivity index (χ1v) is 7.30. The molecule has 0 fully saturated rings. The number of carbonyl (C=O) groups is 1. The summed E-state index contributed by atoms with van der Waals surface area (Å²) in [5.74, 6) is -0.542. The van der Waals surface area contributed by atoms with Crippen molar-refractivity contribution in [3.05, 3.63) is 63.8 Å². The van der Waals surface area contributed by atoms with Gasteiger partial charge in [-0.2, -0.15) is 5.10 Å². The molecule has 3 rings (SSSR count). The first kappa shape index (κ1) is 15.4. The maximum atomic E-state index is 12.0. The van der Waals surface area contributed by atoms with E-state index in [1.165, 1.54) is 18.3 Å². The van der Waals surface area contributed by atoms with Crippen LogP contribution in [0.2, 0.25) is 10.0 Å². The molecule has 0 aliphatic carbocycles. The van der Waals surface area contributed by atoms with Crippen molar-refractivity contribution in [1.29, 1.82) is 0 Å². The molecule has 1 heterocycles. The Balaban J connectivity index is 1.76. The van der Waals surface area contributed by atoms with Gasteiger partial charge in [-0.25, -0.2) is 5.43 Å². The number of para-hydroxylation sites is 1. The molecule has 0 unspecified atom stereocenters. The number of nitrogens with zero attached hydrogens (tertiary/aromatic N) is 1. The Morgan fingerprint density at radius 1 is 1.22 bits per heavy atom. The number of carbonyl (C=O) groups excluding carboxylic acids is 1. The highest BCUT2D eigenvalue weighted by Crippen LogP contribution is 2.29. The van der Waals surface area contributed by atoms with E-state index >= 15 is 0 Å². The van der Waals surface area contributed by atoms with E-state index in [2.05, 4.69) is 10.5 Å². The highest BCUT2D eigenvalue weighted by Gasteiger charge is 2.11. The molecule has 0 saturated carbocycles. The molecule has 0 spiro atoms. The van der Waals surface area contributed by atoms with Gasteiger partial charge in [-0.1, -0.05) is 41.4 Å². The zero-order valence-corrected chi connectivity index (χ0v) is 13.1. The minimum atomic E-state index is -0.509. The summed E-state index contributed by atoms with van der Waals surface area (Å²) in [5.41, 5.74) is 3.21. The third-order valence-corrected chi connectivity index (χ3v) is 3.58. The summed E-state index contributed by atoms with van der Waals surface area (Å²) in [7, 11) is 0. The van der Waals surface area contributed by atoms with Crippen molar-refractivity contribution in [2.24, 2.45) is 5.10 Å². The lowest BCUT2D eigenvalue weighted by atomic mass is 10.2. The van der Waals surface area contributed by atoms with Crippen LogP contribution in [0.15, 0.2) is 52.0 Å². The largest absolute Gasteiger partial charge is 0.506 e.